The van der Waals surface area contributed by atoms with Gasteiger partial charge in [0.15, 0.2) is 6.10 Å². The molecule has 9 nitrogen and oxygen atoms in total. The normalized spacial score (nSPS) is 13.6. The maximum absolute atomic E-state index is 12.9. The van der Waals surface area contributed by atoms with Crippen molar-refractivity contribution in [2.75, 3.05) is 47.5 Å². The summed E-state index contributed by atoms with van der Waals surface area (Å²) in [5, 5.41) is 0. The Balaban J connectivity index is 3.99. The molecule has 0 radical (unpaired) electrons. The Bertz CT molecular complexity index is 1600. The van der Waals surface area contributed by atoms with Crippen LogP contribution in [0.2, 0.25) is 0 Å². The van der Waals surface area contributed by atoms with Gasteiger partial charge in [-0.1, -0.05) is 311 Å². The Morgan fingerprint density at radius 2 is 0.704 bits per heavy atom. The minimum atomic E-state index is -4.39. The van der Waals surface area contributed by atoms with Crippen molar-refractivity contribution in [3.63, 3.8) is 0 Å². The van der Waals surface area contributed by atoms with E-state index in [9.17, 15) is 19.0 Å². The maximum Gasteiger partial charge on any atom is 0.472 e. The van der Waals surface area contributed by atoms with Gasteiger partial charge in [0.1, 0.15) is 19.8 Å². The number of esters is 2. The molecule has 0 fully saturated rings. The lowest BCUT2D eigenvalue weighted by molar-refractivity contribution is -0.870. The number of allylic oxidation sites excluding steroid dienone is 12. The summed E-state index contributed by atoms with van der Waals surface area (Å²) < 4.78 is 34.7. The molecule has 0 aliphatic carbocycles. The number of hydrogen-bond donors (Lipinski definition) is 1. The zero-order valence-corrected chi connectivity index (χ0v) is 54.7. The molecule has 0 amide bonds. The predicted molar refractivity (Wildman–Crippen MR) is 349 cm³/mol. The number of carbonyl (C=O) groups excluding carboxylic acids is 2. The topological polar surface area (TPSA) is 108 Å². The van der Waals surface area contributed by atoms with Gasteiger partial charge in [0.25, 0.3) is 0 Å². The van der Waals surface area contributed by atoms with E-state index in [1.165, 1.54) is 212 Å². The van der Waals surface area contributed by atoms with Crippen molar-refractivity contribution < 1.29 is 42.1 Å². The summed E-state index contributed by atoms with van der Waals surface area (Å²) in [6, 6.07) is 0. The van der Waals surface area contributed by atoms with Gasteiger partial charge in [-0.25, -0.2) is 4.57 Å². The van der Waals surface area contributed by atoms with E-state index >= 15 is 0 Å². The van der Waals surface area contributed by atoms with Crippen LogP contribution in [0.25, 0.3) is 0 Å². The lowest BCUT2D eigenvalue weighted by atomic mass is 10.0. The molecule has 1 N–H and O–H groups in total. The summed E-state index contributed by atoms with van der Waals surface area (Å²) >= 11 is 0. The number of ether oxygens (including phenoxy) is 2. The minimum absolute atomic E-state index is 0.0330. The molecular formula is C71H131NO8P+. The summed E-state index contributed by atoms with van der Waals surface area (Å²) in [4.78, 5) is 35.8. The van der Waals surface area contributed by atoms with Crippen molar-refractivity contribution in [1.29, 1.82) is 0 Å². The number of phosphoric ester groups is 1. The van der Waals surface area contributed by atoms with Crippen LogP contribution in [0.15, 0.2) is 72.9 Å². The molecule has 0 aliphatic rings. The third kappa shape index (κ3) is 66.5. The van der Waals surface area contributed by atoms with Crippen molar-refractivity contribution >= 4 is 19.8 Å². The number of likely N-dealkylation sites (N-methyl/N-ethyl adjacent to an activating group) is 1. The van der Waals surface area contributed by atoms with Crippen LogP contribution in [0, 0.1) is 0 Å². The van der Waals surface area contributed by atoms with E-state index in [1.807, 2.05) is 21.1 Å². The van der Waals surface area contributed by atoms with Crippen LogP contribution in [0.3, 0.4) is 0 Å². The summed E-state index contributed by atoms with van der Waals surface area (Å²) in [6.45, 7) is 4.37. The monoisotopic (exact) mass is 1160 g/mol. The fourth-order valence-corrected chi connectivity index (χ4v) is 10.5. The van der Waals surface area contributed by atoms with Crippen molar-refractivity contribution in [2.45, 2.75) is 322 Å². The van der Waals surface area contributed by atoms with Crippen LogP contribution in [-0.2, 0) is 32.7 Å². The van der Waals surface area contributed by atoms with E-state index in [-0.39, 0.29) is 25.6 Å². The Morgan fingerprint density at radius 1 is 0.395 bits per heavy atom. The molecule has 0 aromatic heterocycles. The lowest BCUT2D eigenvalue weighted by Crippen LogP contribution is -2.37. The van der Waals surface area contributed by atoms with Gasteiger partial charge in [-0.2, -0.15) is 0 Å². The molecule has 0 saturated heterocycles. The third-order valence-corrected chi connectivity index (χ3v) is 16.0. The van der Waals surface area contributed by atoms with Gasteiger partial charge >= 0.3 is 19.8 Å². The molecule has 0 bridgehead atoms. The molecular weight excluding hydrogens is 1030 g/mol. The summed E-state index contributed by atoms with van der Waals surface area (Å²) in [5.74, 6) is -0.781. The predicted octanol–water partition coefficient (Wildman–Crippen LogP) is 22.0. The van der Waals surface area contributed by atoms with Crippen LogP contribution in [0.1, 0.15) is 316 Å². The largest absolute Gasteiger partial charge is 0.472 e. The van der Waals surface area contributed by atoms with Gasteiger partial charge < -0.3 is 18.9 Å². The van der Waals surface area contributed by atoms with Gasteiger partial charge in [-0.3, -0.25) is 18.6 Å². The smallest absolute Gasteiger partial charge is 0.462 e. The second-order valence-corrected chi connectivity index (χ2v) is 25.6. The van der Waals surface area contributed by atoms with E-state index in [0.29, 0.717) is 23.9 Å². The fourth-order valence-electron chi connectivity index (χ4n) is 9.79. The first kappa shape index (κ1) is 78.5. The summed E-state index contributed by atoms with van der Waals surface area (Å²) in [5.41, 5.74) is 0. The van der Waals surface area contributed by atoms with E-state index < -0.39 is 26.5 Å². The van der Waals surface area contributed by atoms with Crippen LogP contribution >= 0.6 is 7.82 Å². The van der Waals surface area contributed by atoms with E-state index in [2.05, 4.69) is 86.8 Å². The van der Waals surface area contributed by atoms with Crippen LogP contribution in [0.4, 0.5) is 0 Å². The number of quaternary nitrogens is 1. The molecule has 0 aromatic rings. The number of carbonyl (C=O) groups is 2. The number of nitrogens with zero attached hydrogens (tertiary/aromatic N) is 1. The second-order valence-electron chi connectivity index (χ2n) is 24.2. The maximum atomic E-state index is 12.9. The molecule has 0 aliphatic heterocycles. The Kier molecular flexibility index (Phi) is 60.0. The first-order valence-corrected chi connectivity index (χ1v) is 35.7. The molecule has 0 aromatic carbocycles. The fraction of sp³-hybridized carbons (Fsp3) is 0.803. The highest BCUT2D eigenvalue weighted by molar-refractivity contribution is 7.47. The van der Waals surface area contributed by atoms with E-state index in [1.54, 1.807) is 0 Å². The van der Waals surface area contributed by atoms with Gasteiger partial charge in [-0.05, 0) is 64.2 Å². The molecule has 0 rings (SSSR count). The molecule has 10 heteroatoms. The zero-order valence-electron chi connectivity index (χ0n) is 53.8. The number of unbranched alkanes of at least 4 members (excludes halogenated alkanes) is 37. The Morgan fingerprint density at radius 3 is 1.05 bits per heavy atom. The molecule has 81 heavy (non-hydrogen) atoms. The zero-order chi connectivity index (χ0) is 59.1. The highest BCUT2D eigenvalue weighted by atomic mass is 31.2. The molecule has 0 saturated carbocycles. The average molecular weight is 1160 g/mol. The van der Waals surface area contributed by atoms with Crippen molar-refractivity contribution in [2.24, 2.45) is 0 Å². The Labute approximate surface area is 501 Å². The molecule has 2 unspecified atom stereocenters. The molecule has 2 atom stereocenters. The first-order valence-electron chi connectivity index (χ1n) is 34.2. The highest BCUT2D eigenvalue weighted by Crippen LogP contribution is 2.43. The average Bonchev–Trinajstić information content (AvgIpc) is 3.43. The van der Waals surface area contributed by atoms with Gasteiger partial charge in [0, 0.05) is 12.8 Å². The molecule has 472 valence electrons. The van der Waals surface area contributed by atoms with Gasteiger partial charge in [0.05, 0.1) is 27.7 Å². The van der Waals surface area contributed by atoms with Gasteiger partial charge in [0.2, 0.25) is 0 Å². The van der Waals surface area contributed by atoms with Gasteiger partial charge in [-0.15, -0.1) is 0 Å². The number of phosphoric acid groups is 1. The number of rotatable bonds is 63. The van der Waals surface area contributed by atoms with Crippen molar-refractivity contribution in [3.05, 3.63) is 72.9 Å². The second kappa shape index (κ2) is 62.0. The highest BCUT2D eigenvalue weighted by Gasteiger charge is 2.27. The van der Waals surface area contributed by atoms with Crippen LogP contribution in [0.5, 0.6) is 0 Å². The third-order valence-electron chi connectivity index (χ3n) is 15.0. The summed E-state index contributed by atoms with van der Waals surface area (Å²) in [7, 11) is 1.49. The summed E-state index contributed by atoms with van der Waals surface area (Å²) in [6.07, 6.45) is 82.9. The van der Waals surface area contributed by atoms with Crippen LogP contribution in [-0.4, -0.2) is 74.9 Å². The van der Waals surface area contributed by atoms with Crippen molar-refractivity contribution in [1.82, 2.24) is 0 Å². The molecule has 0 spiro atoms. The van der Waals surface area contributed by atoms with Crippen LogP contribution < -0.4 is 0 Å². The first-order chi connectivity index (χ1) is 39.5. The minimum Gasteiger partial charge on any atom is -0.462 e. The molecule has 0 heterocycles. The Hall–Kier alpha value is -2.55. The van der Waals surface area contributed by atoms with E-state index in [0.717, 1.165) is 70.6 Å². The van der Waals surface area contributed by atoms with E-state index in [4.69, 9.17) is 18.5 Å². The number of hydrogen-bond acceptors (Lipinski definition) is 7. The SMILES string of the molecule is CC/C=C\C/C=C\C/C=C\C/C=C\C/C=C\C/C=C\CCCCCCCCCCCCCCCCCCCCC(=O)OC(COC(=O)CCCCCCCCCCCCCCCCCCCCCC)COP(=O)(O)OCC[N+](C)(C)C. The van der Waals surface area contributed by atoms with Crippen molar-refractivity contribution in [3.8, 4) is 0 Å². The lowest BCUT2D eigenvalue weighted by Gasteiger charge is -2.24. The standard InChI is InChI=1S/C71H130NO8P/c1-6-8-10-12-14-16-18-20-22-24-26-28-29-30-31-32-33-34-35-36-37-38-39-40-41-42-43-44-46-48-50-52-54-56-58-60-62-64-71(74)80-69(68-79-81(75,76)78-66-65-72(3,4)5)67-77-70(73)63-61-59-57-55-53-51-49-47-45-27-25-23-21-19-17-15-13-11-9-7-2/h8,10,14,16,20,22,26,28,30-31,33-34,69H,6-7,9,11-13,15,17-19,21,23-25,27,29,32,35-68H2,1-5H3/p+1/b10-8-,16-14-,22-20-,28-26-,31-30-,34-33-. The quantitative estimate of drug-likeness (QED) is 0.0211.